The molecule has 0 unspecified atom stereocenters. The van der Waals surface area contributed by atoms with Crippen molar-refractivity contribution >= 4 is 27.5 Å². The molecule has 0 aromatic carbocycles. The Morgan fingerprint density at radius 1 is 1.50 bits per heavy atom. The van der Waals surface area contributed by atoms with Gasteiger partial charge in [0.05, 0.1) is 5.69 Å². The van der Waals surface area contributed by atoms with E-state index in [2.05, 4.69) is 26.0 Å². The summed E-state index contributed by atoms with van der Waals surface area (Å²) in [5.74, 6) is 0.302. The number of nitrogens with zero attached hydrogens (tertiary/aromatic N) is 3. The van der Waals surface area contributed by atoms with Gasteiger partial charge in [0.15, 0.2) is 5.65 Å². The average Bonchev–Trinajstić information content (AvgIpc) is 2.39. The SMILES string of the molecule is Cc1c(Br)ccc2nc(N)nn12. The van der Waals surface area contributed by atoms with Crippen molar-refractivity contribution in [1.29, 1.82) is 0 Å². The molecule has 0 atom stereocenters. The molecule has 2 N–H and O–H groups in total. The Kier molecular flexibility index (Phi) is 1.54. The van der Waals surface area contributed by atoms with E-state index in [1.54, 1.807) is 4.52 Å². The highest BCUT2D eigenvalue weighted by Crippen LogP contribution is 2.16. The zero-order valence-corrected chi connectivity index (χ0v) is 8.04. The molecule has 12 heavy (non-hydrogen) atoms. The first kappa shape index (κ1) is 7.54. The van der Waals surface area contributed by atoms with Crippen molar-refractivity contribution in [2.24, 2.45) is 0 Å². The zero-order valence-electron chi connectivity index (χ0n) is 6.45. The second-order valence-electron chi connectivity index (χ2n) is 2.51. The molecule has 0 spiro atoms. The van der Waals surface area contributed by atoms with Crippen LogP contribution >= 0.6 is 15.9 Å². The normalized spacial score (nSPS) is 10.8. The van der Waals surface area contributed by atoms with Crippen LogP contribution in [0.25, 0.3) is 5.65 Å². The van der Waals surface area contributed by atoms with Crippen LogP contribution in [0.15, 0.2) is 16.6 Å². The molecule has 2 aromatic heterocycles. The molecular weight excluding hydrogens is 220 g/mol. The molecule has 0 aliphatic heterocycles. The summed E-state index contributed by atoms with van der Waals surface area (Å²) < 4.78 is 2.71. The zero-order chi connectivity index (χ0) is 8.72. The summed E-state index contributed by atoms with van der Waals surface area (Å²) in [5.41, 5.74) is 7.22. The molecule has 62 valence electrons. The Labute approximate surface area is 77.5 Å². The summed E-state index contributed by atoms with van der Waals surface area (Å²) in [6.45, 7) is 1.95. The van der Waals surface area contributed by atoms with E-state index in [4.69, 9.17) is 5.73 Å². The maximum absolute atomic E-state index is 5.45. The number of nitrogens with two attached hydrogens (primary N) is 1. The van der Waals surface area contributed by atoms with Gasteiger partial charge in [0.2, 0.25) is 5.95 Å². The van der Waals surface area contributed by atoms with Crippen LogP contribution in [0.2, 0.25) is 0 Å². The van der Waals surface area contributed by atoms with Gasteiger partial charge in [-0.05, 0) is 35.0 Å². The lowest BCUT2D eigenvalue weighted by atomic mass is 10.4. The lowest BCUT2D eigenvalue weighted by Crippen LogP contribution is -1.94. The monoisotopic (exact) mass is 226 g/mol. The van der Waals surface area contributed by atoms with Gasteiger partial charge in [-0.1, -0.05) is 0 Å². The molecule has 5 heteroatoms. The van der Waals surface area contributed by atoms with E-state index in [9.17, 15) is 0 Å². The van der Waals surface area contributed by atoms with E-state index in [0.717, 1.165) is 15.8 Å². The fourth-order valence-electron chi connectivity index (χ4n) is 1.06. The van der Waals surface area contributed by atoms with Crippen molar-refractivity contribution in [2.45, 2.75) is 6.92 Å². The molecule has 0 radical (unpaired) electrons. The molecule has 0 aliphatic rings. The summed E-state index contributed by atoms with van der Waals surface area (Å²) in [6.07, 6.45) is 0. The molecule has 2 rings (SSSR count). The molecule has 0 fully saturated rings. The molecule has 2 aromatic rings. The predicted octanol–water partition coefficient (Wildman–Crippen LogP) is 1.38. The first-order valence-electron chi connectivity index (χ1n) is 3.46. The summed E-state index contributed by atoms with van der Waals surface area (Å²) in [6, 6.07) is 3.79. The average molecular weight is 227 g/mol. The van der Waals surface area contributed by atoms with Gasteiger partial charge < -0.3 is 5.73 Å². The fourth-order valence-corrected chi connectivity index (χ4v) is 1.37. The summed E-state index contributed by atoms with van der Waals surface area (Å²) in [7, 11) is 0. The number of aryl methyl sites for hydroxylation is 1. The van der Waals surface area contributed by atoms with Gasteiger partial charge in [-0.15, -0.1) is 5.10 Å². The Morgan fingerprint density at radius 2 is 2.25 bits per heavy atom. The Balaban J connectivity index is 2.89. The van der Waals surface area contributed by atoms with Crippen LogP contribution in [0.4, 0.5) is 5.95 Å². The van der Waals surface area contributed by atoms with E-state index in [1.165, 1.54) is 0 Å². The van der Waals surface area contributed by atoms with Gasteiger partial charge in [0.25, 0.3) is 0 Å². The Morgan fingerprint density at radius 3 is 3.00 bits per heavy atom. The standard InChI is InChI=1S/C7H7BrN4/c1-4-5(8)2-3-6-10-7(9)11-12(4)6/h2-3H,1H3,(H2,9,11). The van der Waals surface area contributed by atoms with Crippen molar-refractivity contribution in [3.05, 3.63) is 22.3 Å². The molecule has 0 amide bonds. The quantitative estimate of drug-likeness (QED) is 0.739. The van der Waals surface area contributed by atoms with Crippen LogP contribution in [0.1, 0.15) is 5.69 Å². The van der Waals surface area contributed by atoms with Crippen LogP contribution in [-0.2, 0) is 0 Å². The predicted molar refractivity (Wildman–Crippen MR) is 49.8 cm³/mol. The number of anilines is 1. The van der Waals surface area contributed by atoms with Gasteiger partial charge in [0.1, 0.15) is 0 Å². The molecule has 0 saturated heterocycles. The first-order valence-corrected chi connectivity index (χ1v) is 4.25. The molecule has 0 bridgehead atoms. The lowest BCUT2D eigenvalue weighted by Gasteiger charge is -1.98. The van der Waals surface area contributed by atoms with Gasteiger partial charge in [0, 0.05) is 4.47 Å². The summed E-state index contributed by atoms with van der Waals surface area (Å²) >= 11 is 3.40. The molecule has 4 nitrogen and oxygen atoms in total. The number of hydrogen-bond donors (Lipinski definition) is 1. The number of hydrogen-bond acceptors (Lipinski definition) is 3. The number of fused-ring (bicyclic) bond motifs is 1. The second-order valence-corrected chi connectivity index (χ2v) is 3.36. The molecule has 2 heterocycles. The number of nitrogen functional groups attached to an aromatic ring is 1. The number of halogens is 1. The van der Waals surface area contributed by atoms with Gasteiger partial charge in [-0.3, -0.25) is 0 Å². The third-order valence-electron chi connectivity index (χ3n) is 1.69. The largest absolute Gasteiger partial charge is 0.366 e. The van der Waals surface area contributed by atoms with Crippen molar-refractivity contribution in [3.63, 3.8) is 0 Å². The van der Waals surface area contributed by atoms with Crippen molar-refractivity contribution in [1.82, 2.24) is 14.6 Å². The van der Waals surface area contributed by atoms with Crippen LogP contribution in [-0.4, -0.2) is 14.6 Å². The number of pyridine rings is 1. The Bertz CT molecular complexity index is 434. The highest BCUT2D eigenvalue weighted by Gasteiger charge is 2.03. The van der Waals surface area contributed by atoms with Gasteiger partial charge in [-0.25, -0.2) is 4.52 Å². The second kappa shape index (κ2) is 2.45. The van der Waals surface area contributed by atoms with Crippen molar-refractivity contribution < 1.29 is 0 Å². The van der Waals surface area contributed by atoms with Crippen LogP contribution < -0.4 is 5.73 Å². The third kappa shape index (κ3) is 0.972. The minimum Gasteiger partial charge on any atom is -0.366 e. The van der Waals surface area contributed by atoms with Crippen LogP contribution in [0.5, 0.6) is 0 Å². The number of aromatic nitrogens is 3. The Hall–Kier alpha value is -1.10. The maximum Gasteiger partial charge on any atom is 0.240 e. The smallest absolute Gasteiger partial charge is 0.240 e. The van der Waals surface area contributed by atoms with E-state index in [0.29, 0.717) is 5.95 Å². The minimum absolute atomic E-state index is 0.302. The van der Waals surface area contributed by atoms with E-state index >= 15 is 0 Å². The van der Waals surface area contributed by atoms with Crippen molar-refractivity contribution in [3.8, 4) is 0 Å². The van der Waals surface area contributed by atoms with Gasteiger partial charge >= 0.3 is 0 Å². The van der Waals surface area contributed by atoms with E-state index in [1.807, 2.05) is 19.1 Å². The summed E-state index contributed by atoms with van der Waals surface area (Å²) in [4.78, 5) is 4.02. The maximum atomic E-state index is 5.45. The summed E-state index contributed by atoms with van der Waals surface area (Å²) in [5, 5.41) is 4.03. The van der Waals surface area contributed by atoms with Crippen LogP contribution in [0, 0.1) is 6.92 Å². The lowest BCUT2D eigenvalue weighted by molar-refractivity contribution is 0.913. The van der Waals surface area contributed by atoms with Gasteiger partial charge in [-0.2, -0.15) is 4.98 Å². The topological polar surface area (TPSA) is 56.2 Å². The first-order chi connectivity index (χ1) is 5.68. The van der Waals surface area contributed by atoms with E-state index in [-0.39, 0.29) is 0 Å². The third-order valence-corrected chi connectivity index (χ3v) is 2.53. The highest BCUT2D eigenvalue weighted by molar-refractivity contribution is 9.10. The van der Waals surface area contributed by atoms with E-state index < -0.39 is 0 Å². The minimum atomic E-state index is 0.302. The fraction of sp³-hybridized carbons (Fsp3) is 0.143. The van der Waals surface area contributed by atoms with Crippen molar-refractivity contribution in [2.75, 3.05) is 5.73 Å². The molecule has 0 aliphatic carbocycles. The molecule has 0 saturated carbocycles. The number of rotatable bonds is 0. The van der Waals surface area contributed by atoms with Crippen LogP contribution in [0.3, 0.4) is 0 Å². The highest BCUT2D eigenvalue weighted by atomic mass is 79.9. The molecular formula is C7H7BrN4.